The number of thiazole rings is 1. The second-order valence-electron chi connectivity index (χ2n) is 9.42. The number of sulfonamides is 1. The molecule has 1 fully saturated rings. The number of aromatic nitrogens is 1. The number of benzene rings is 3. The van der Waals surface area contributed by atoms with Crippen LogP contribution >= 0.6 is 11.3 Å². The third-order valence-electron chi connectivity index (χ3n) is 6.52. The molecule has 4 aromatic rings. The van der Waals surface area contributed by atoms with E-state index in [1.165, 1.54) is 60.0 Å². The third-order valence-corrected chi connectivity index (χ3v) is 9.35. The second kappa shape index (κ2) is 12.4. The number of fused-ring (bicyclic) bond motifs is 1. The van der Waals surface area contributed by atoms with Crippen molar-refractivity contribution >= 4 is 48.8 Å². The molecule has 41 heavy (non-hydrogen) atoms. The van der Waals surface area contributed by atoms with Crippen LogP contribution in [0.4, 0.5) is 9.52 Å². The summed E-state index contributed by atoms with van der Waals surface area (Å²) < 4.78 is 52.9. The van der Waals surface area contributed by atoms with E-state index in [1.54, 1.807) is 24.3 Å². The summed E-state index contributed by atoms with van der Waals surface area (Å²) in [5.41, 5.74) is 1.45. The number of hydrogen-bond donors (Lipinski definition) is 0. The quantitative estimate of drug-likeness (QED) is 0.182. The maximum Gasteiger partial charge on any atom is 0.280 e. The van der Waals surface area contributed by atoms with E-state index in [0.29, 0.717) is 34.7 Å². The topological polar surface area (TPSA) is 101 Å². The number of anilines is 1. The summed E-state index contributed by atoms with van der Waals surface area (Å²) in [5, 5.41) is 5.79. The van der Waals surface area contributed by atoms with Gasteiger partial charge in [0.05, 0.1) is 34.0 Å². The van der Waals surface area contributed by atoms with Crippen LogP contribution in [0, 0.1) is 5.82 Å². The van der Waals surface area contributed by atoms with Crippen molar-refractivity contribution in [1.82, 2.24) is 9.29 Å². The van der Waals surface area contributed by atoms with Crippen molar-refractivity contribution in [2.75, 3.05) is 31.8 Å². The van der Waals surface area contributed by atoms with Gasteiger partial charge in [-0.25, -0.2) is 17.8 Å². The Morgan fingerprint density at radius 3 is 2.61 bits per heavy atom. The first-order valence-corrected chi connectivity index (χ1v) is 15.4. The van der Waals surface area contributed by atoms with Gasteiger partial charge in [-0.15, -0.1) is 0 Å². The molecule has 1 aliphatic rings. The Hall–Kier alpha value is -3.71. The highest BCUT2D eigenvalue weighted by molar-refractivity contribution is 7.89. The van der Waals surface area contributed by atoms with Gasteiger partial charge in [0.25, 0.3) is 5.91 Å². The van der Waals surface area contributed by atoms with Crippen molar-refractivity contribution in [3.05, 3.63) is 83.7 Å². The van der Waals surface area contributed by atoms with Crippen LogP contribution in [0.3, 0.4) is 0 Å². The first-order chi connectivity index (χ1) is 19.7. The maximum absolute atomic E-state index is 13.8. The number of rotatable bonds is 10. The summed E-state index contributed by atoms with van der Waals surface area (Å²) in [6.45, 7) is 3.33. The zero-order chi connectivity index (χ0) is 29.0. The van der Waals surface area contributed by atoms with E-state index in [2.05, 4.69) is 10.1 Å². The Bertz CT molecular complexity index is 1650. The van der Waals surface area contributed by atoms with Crippen LogP contribution in [-0.4, -0.2) is 62.7 Å². The Labute approximate surface area is 241 Å². The number of likely N-dealkylation sites (N-methyl/N-ethyl adjacent to an activating group) is 1. The summed E-state index contributed by atoms with van der Waals surface area (Å²) in [7, 11) is -2.26. The van der Waals surface area contributed by atoms with Crippen molar-refractivity contribution in [2.24, 2.45) is 5.10 Å². The number of halogens is 1. The Morgan fingerprint density at radius 1 is 1.17 bits per heavy atom. The molecule has 1 atom stereocenters. The number of hydrogen-bond acceptors (Lipinski definition) is 8. The average molecular weight is 597 g/mol. The fraction of sp³-hybridized carbons (Fsp3) is 0.276. The van der Waals surface area contributed by atoms with Crippen molar-refractivity contribution in [3.63, 3.8) is 0 Å². The van der Waals surface area contributed by atoms with Gasteiger partial charge in [-0.1, -0.05) is 11.3 Å². The molecule has 1 unspecified atom stereocenters. The van der Waals surface area contributed by atoms with Gasteiger partial charge in [-0.05, 0) is 92.1 Å². The largest absolute Gasteiger partial charge is 0.494 e. The number of nitrogens with zero attached hydrogens (tertiary/aromatic N) is 4. The van der Waals surface area contributed by atoms with E-state index in [9.17, 15) is 17.6 Å². The highest BCUT2D eigenvalue weighted by atomic mass is 32.2. The minimum atomic E-state index is -3.77. The molecule has 2 heterocycles. The highest BCUT2D eigenvalue weighted by Gasteiger charge is 2.27. The Morgan fingerprint density at radius 2 is 1.93 bits per heavy atom. The minimum Gasteiger partial charge on any atom is -0.494 e. The molecule has 214 valence electrons. The number of ether oxygens (including phenoxy) is 2. The standard InChI is InChI=1S/C29H29FN4O5S2/c1-3-38-23-11-6-20(7-12-23)18-31-34(29-32-26-15-10-22(30)17-27(26)40-29)28(35)21-8-13-25(14-9-21)41(36,37)33(2)19-24-5-4-16-39-24/h6-15,17-18,24H,3-5,16,19H2,1-2H3/b31-18+. The van der Waals surface area contributed by atoms with Gasteiger partial charge >= 0.3 is 0 Å². The van der Waals surface area contributed by atoms with E-state index < -0.39 is 21.7 Å². The molecule has 0 bridgehead atoms. The molecular weight excluding hydrogens is 567 g/mol. The summed E-state index contributed by atoms with van der Waals surface area (Å²) >= 11 is 1.12. The predicted molar refractivity (Wildman–Crippen MR) is 157 cm³/mol. The molecule has 12 heteroatoms. The first kappa shape index (κ1) is 28.8. The second-order valence-corrected chi connectivity index (χ2v) is 12.5. The highest BCUT2D eigenvalue weighted by Crippen LogP contribution is 2.31. The SMILES string of the molecule is CCOc1ccc(/C=N/N(C(=O)c2ccc(S(=O)(=O)N(C)CC3CCCO3)cc2)c2nc3ccc(F)cc3s2)cc1. The van der Waals surface area contributed by atoms with Crippen LogP contribution in [0.1, 0.15) is 35.7 Å². The monoisotopic (exact) mass is 596 g/mol. The van der Waals surface area contributed by atoms with Crippen LogP contribution in [-0.2, 0) is 14.8 Å². The molecule has 0 spiro atoms. The Balaban J connectivity index is 1.42. The molecule has 1 aliphatic heterocycles. The molecule has 3 aromatic carbocycles. The molecular formula is C29H29FN4O5S2. The smallest absolute Gasteiger partial charge is 0.280 e. The van der Waals surface area contributed by atoms with E-state index in [-0.39, 0.29) is 28.2 Å². The predicted octanol–water partition coefficient (Wildman–Crippen LogP) is 5.31. The number of carbonyl (C=O) groups excluding carboxylic acids is 1. The first-order valence-electron chi connectivity index (χ1n) is 13.1. The van der Waals surface area contributed by atoms with Gasteiger partial charge in [0.2, 0.25) is 15.2 Å². The van der Waals surface area contributed by atoms with Gasteiger partial charge in [-0.3, -0.25) is 4.79 Å². The zero-order valence-corrected chi connectivity index (χ0v) is 24.2. The fourth-order valence-corrected chi connectivity index (χ4v) is 6.50. The normalized spacial score (nSPS) is 15.7. The summed E-state index contributed by atoms with van der Waals surface area (Å²) in [4.78, 5) is 18.2. The molecule has 1 amide bonds. The summed E-state index contributed by atoms with van der Waals surface area (Å²) in [5.74, 6) is -0.227. The summed E-state index contributed by atoms with van der Waals surface area (Å²) in [6, 6.07) is 17.1. The molecule has 9 nitrogen and oxygen atoms in total. The minimum absolute atomic E-state index is 0.0643. The zero-order valence-electron chi connectivity index (χ0n) is 22.6. The molecule has 0 aliphatic carbocycles. The molecule has 1 saturated heterocycles. The van der Waals surface area contributed by atoms with Gasteiger partial charge in [-0.2, -0.15) is 14.4 Å². The molecule has 1 aromatic heterocycles. The lowest BCUT2D eigenvalue weighted by molar-refractivity contribution is 0.0978. The molecule has 0 N–H and O–H groups in total. The molecule has 0 radical (unpaired) electrons. The van der Waals surface area contributed by atoms with E-state index in [4.69, 9.17) is 9.47 Å². The van der Waals surface area contributed by atoms with Crippen LogP contribution in [0.15, 0.2) is 76.7 Å². The number of carbonyl (C=O) groups is 1. The average Bonchev–Trinajstić information content (AvgIpc) is 3.64. The van der Waals surface area contributed by atoms with Gasteiger partial charge in [0.1, 0.15) is 11.6 Å². The number of hydrazone groups is 1. The Kier molecular flexibility index (Phi) is 8.74. The lowest BCUT2D eigenvalue weighted by Crippen LogP contribution is -2.34. The van der Waals surface area contributed by atoms with Crippen LogP contribution in [0.5, 0.6) is 5.75 Å². The van der Waals surface area contributed by atoms with Crippen molar-refractivity contribution in [1.29, 1.82) is 0 Å². The van der Waals surface area contributed by atoms with Crippen molar-refractivity contribution < 1.29 is 27.1 Å². The van der Waals surface area contributed by atoms with Crippen molar-refractivity contribution in [2.45, 2.75) is 30.8 Å². The summed E-state index contributed by atoms with van der Waals surface area (Å²) in [6.07, 6.45) is 3.12. The van der Waals surface area contributed by atoms with Crippen LogP contribution in [0.2, 0.25) is 0 Å². The molecule has 5 rings (SSSR count). The number of amides is 1. The van der Waals surface area contributed by atoms with Crippen LogP contribution in [0.25, 0.3) is 10.2 Å². The molecule has 0 saturated carbocycles. The fourth-order valence-electron chi connectivity index (χ4n) is 4.35. The maximum atomic E-state index is 13.8. The lowest BCUT2D eigenvalue weighted by Gasteiger charge is -2.20. The van der Waals surface area contributed by atoms with Crippen molar-refractivity contribution in [3.8, 4) is 5.75 Å². The van der Waals surface area contributed by atoms with Gasteiger partial charge in [0, 0.05) is 25.8 Å². The van der Waals surface area contributed by atoms with Gasteiger partial charge in [0.15, 0.2) is 0 Å². The third kappa shape index (κ3) is 6.62. The lowest BCUT2D eigenvalue weighted by atomic mass is 10.2. The van der Waals surface area contributed by atoms with E-state index >= 15 is 0 Å². The van der Waals surface area contributed by atoms with Gasteiger partial charge < -0.3 is 9.47 Å². The van der Waals surface area contributed by atoms with E-state index in [1.807, 2.05) is 6.92 Å². The van der Waals surface area contributed by atoms with E-state index in [0.717, 1.165) is 29.2 Å². The van der Waals surface area contributed by atoms with Crippen LogP contribution < -0.4 is 9.75 Å².